The van der Waals surface area contributed by atoms with Crippen LogP contribution in [0.3, 0.4) is 0 Å². The summed E-state index contributed by atoms with van der Waals surface area (Å²) >= 11 is 0. The molecule has 0 aromatic heterocycles. The number of amidine groups is 1. The van der Waals surface area contributed by atoms with Crippen LogP contribution in [-0.2, 0) is 14.4 Å². The number of nitrogens with zero attached hydrogens (tertiary/aromatic N) is 2. The molecule has 0 aromatic carbocycles. The molecular formula is C5HN2O3. The van der Waals surface area contributed by atoms with Gasteiger partial charge in [0.05, 0.1) is 6.21 Å². The smallest absolute Gasteiger partial charge is 0.282 e. The third kappa shape index (κ3) is 1.02. The summed E-state index contributed by atoms with van der Waals surface area (Å²) in [5, 5.41) is 0. The Morgan fingerprint density at radius 3 is 2.60 bits per heavy atom. The van der Waals surface area contributed by atoms with E-state index in [-0.39, 0.29) is 5.84 Å². The lowest BCUT2D eigenvalue weighted by molar-refractivity contribution is -0.131. The average Bonchev–Trinajstić information content (AvgIpc) is 1.95. The van der Waals surface area contributed by atoms with Crippen molar-refractivity contribution < 1.29 is 14.4 Å². The summed E-state index contributed by atoms with van der Waals surface area (Å²) in [7, 11) is 0. The summed E-state index contributed by atoms with van der Waals surface area (Å²) in [5.74, 6) is -2.18. The minimum Gasteiger partial charge on any atom is -0.282 e. The SMILES string of the molecule is O=[C]C1=NC(=O)C(=O)C=N1. The number of amides is 1. The first kappa shape index (κ1) is 6.47. The van der Waals surface area contributed by atoms with Gasteiger partial charge in [-0.05, 0) is 0 Å². The normalized spacial score (nSPS) is 17.0. The van der Waals surface area contributed by atoms with Crippen molar-refractivity contribution in [3.05, 3.63) is 0 Å². The molecule has 0 saturated carbocycles. The highest BCUT2D eigenvalue weighted by Gasteiger charge is 2.15. The Bertz CT molecular complexity index is 264. The fraction of sp³-hybridized carbons (Fsp3) is 0. The fourth-order valence-electron chi connectivity index (χ4n) is 0.404. The molecule has 0 aliphatic carbocycles. The molecule has 49 valence electrons. The van der Waals surface area contributed by atoms with Crippen molar-refractivity contribution in [1.29, 1.82) is 0 Å². The largest absolute Gasteiger partial charge is 0.321 e. The third-order valence-corrected chi connectivity index (χ3v) is 0.814. The maximum Gasteiger partial charge on any atom is 0.321 e. The van der Waals surface area contributed by atoms with Crippen LogP contribution < -0.4 is 0 Å². The number of carbonyl (C=O) groups is 2. The van der Waals surface area contributed by atoms with Crippen molar-refractivity contribution in [3.8, 4) is 0 Å². The number of aliphatic imine (C=N–C) groups is 2. The Kier molecular flexibility index (Phi) is 1.49. The summed E-state index contributed by atoms with van der Waals surface area (Å²) in [6.45, 7) is 0. The molecule has 10 heavy (non-hydrogen) atoms. The van der Waals surface area contributed by atoms with Gasteiger partial charge in [-0.15, -0.1) is 0 Å². The van der Waals surface area contributed by atoms with Crippen LogP contribution in [-0.4, -0.2) is 30.0 Å². The number of Topliss-reactive ketones (excluding diaryl/α,β-unsaturated/α-hetero) is 1. The molecule has 0 aromatic rings. The molecule has 1 amide bonds. The van der Waals surface area contributed by atoms with E-state index >= 15 is 0 Å². The minimum absolute atomic E-state index is 0.385. The van der Waals surface area contributed by atoms with Crippen molar-refractivity contribution in [2.75, 3.05) is 0 Å². The van der Waals surface area contributed by atoms with Gasteiger partial charge in [-0.1, -0.05) is 0 Å². The van der Waals surface area contributed by atoms with Gasteiger partial charge in [0, 0.05) is 0 Å². The summed E-state index contributed by atoms with van der Waals surface area (Å²) < 4.78 is 0. The monoisotopic (exact) mass is 137 g/mol. The molecule has 1 rings (SSSR count). The van der Waals surface area contributed by atoms with E-state index in [9.17, 15) is 14.4 Å². The third-order valence-electron chi connectivity index (χ3n) is 0.814. The van der Waals surface area contributed by atoms with E-state index in [4.69, 9.17) is 0 Å². The highest BCUT2D eigenvalue weighted by atomic mass is 16.2. The lowest BCUT2D eigenvalue weighted by atomic mass is 10.4. The molecule has 0 spiro atoms. The molecule has 0 saturated heterocycles. The van der Waals surface area contributed by atoms with Crippen molar-refractivity contribution in [2.45, 2.75) is 0 Å². The number of hydrogen-bond acceptors (Lipinski definition) is 4. The molecule has 0 unspecified atom stereocenters. The molecule has 0 N–H and O–H groups in total. The number of rotatable bonds is 1. The maximum absolute atomic E-state index is 10.4. The van der Waals surface area contributed by atoms with Crippen molar-refractivity contribution in [3.63, 3.8) is 0 Å². The molecule has 1 aliphatic heterocycles. The predicted octanol–water partition coefficient (Wildman–Crippen LogP) is -1.33. The van der Waals surface area contributed by atoms with Gasteiger partial charge in [0.2, 0.25) is 5.84 Å². The number of hydrogen-bond donors (Lipinski definition) is 0. The Balaban J connectivity index is 2.96. The Labute approximate surface area is 55.5 Å². The van der Waals surface area contributed by atoms with E-state index in [1.54, 1.807) is 0 Å². The van der Waals surface area contributed by atoms with Crippen LogP contribution in [0.15, 0.2) is 9.98 Å². The zero-order valence-corrected chi connectivity index (χ0v) is 4.70. The van der Waals surface area contributed by atoms with E-state index in [1.807, 2.05) is 0 Å². The van der Waals surface area contributed by atoms with Crippen LogP contribution in [0.5, 0.6) is 0 Å². The van der Waals surface area contributed by atoms with Crippen LogP contribution in [0.25, 0.3) is 0 Å². The first-order valence-electron chi connectivity index (χ1n) is 2.33. The zero-order chi connectivity index (χ0) is 7.56. The standard InChI is InChI=1S/C5HN2O3/c8-2-4-6-1-3(9)5(10)7-4/h1H. The minimum atomic E-state index is -0.978. The summed E-state index contributed by atoms with van der Waals surface area (Å²) in [4.78, 5) is 36.7. The van der Waals surface area contributed by atoms with Gasteiger partial charge in [0.25, 0.3) is 12.1 Å². The second kappa shape index (κ2) is 2.30. The van der Waals surface area contributed by atoms with E-state index in [1.165, 1.54) is 6.29 Å². The van der Waals surface area contributed by atoms with Gasteiger partial charge >= 0.3 is 5.91 Å². The lowest BCUT2D eigenvalue weighted by Crippen LogP contribution is -2.20. The van der Waals surface area contributed by atoms with E-state index < -0.39 is 11.7 Å². The van der Waals surface area contributed by atoms with Gasteiger partial charge in [-0.2, -0.15) is 4.99 Å². The van der Waals surface area contributed by atoms with Crippen LogP contribution in [0.4, 0.5) is 0 Å². The number of ketones is 1. The van der Waals surface area contributed by atoms with Crippen molar-refractivity contribution in [1.82, 2.24) is 0 Å². The molecule has 1 radical (unpaired) electrons. The van der Waals surface area contributed by atoms with Crippen LogP contribution in [0.1, 0.15) is 0 Å². The van der Waals surface area contributed by atoms with Crippen molar-refractivity contribution >= 4 is 30.0 Å². The molecule has 5 heteroatoms. The van der Waals surface area contributed by atoms with Crippen LogP contribution >= 0.6 is 0 Å². The molecule has 0 fully saturated rings. The first-order valence-corrected chi connectivity index (χ1v) is 2.33. The van der Waals surface area contributed by atoms with Gasteiger partial charge in [0.1, 0.15) is 0 Å². The van der Waals surface area contributed by atoms with Gasteiger partial charge in [-0.25, -0.2) is 4.99 Å². The second-order valence-corrected chi connectivity index (χ2v) is 1.47. The Hall–Kier alpha value is -1.65. The van der Waals surface area contributed by atoms with Gasteiger partial charge in [-0.3, -0.25) is 14.4 Å². The average molecular weight is 137 g/mol. The summed E-state index contributed by atoms with van der Waals surface area (Å²) in [6.07, 6.45) is 2.03. The molecule has 0 bridgehead atoms. The molecule has 0 atom stereocenters. The van der Waals surface area contributed by atoms with E-state index in [2.05, 4.69) is 9.98 Å². The maximum atomic E-state index is 10.4. The predicted molar refractivity (Wildman–Crippen MR) is 31.6 cm³/mol. The second-order valence-electron chi connectivity index (χ2n) is 1.47. The van der Waals surface area contributed by atoms with E-state index in [0.717, 1.165) is 6.21 Å². The molecule has 1 heterocycles. The molecule has 1 aliphatic rings. The van der Waals surface area contributed by atoms with Crippen LogP contribution in [0, 0.1) is 0 Å². The van der Waals surface area contributed by atoms with Crippen LogP contribution in [0.2, 0.25) is 0 Å². The molecular weight excluding hydrogens is 136 g/mol. The summed E-state index contributed by atoms with van der Waals surface area (Å²) in [5.41, 5.74) is 0. The molecule has 5 nitrogen and oxygen atoms in total. The topological polar surface area (TPSA) is 75.9 Å². The highest BCUT2D eigenvalue weighted by molar-refractivity contribution is 6.63. The van der Waals surface area contributed by atoms with Gasteiger partial charge in [0.15, 0.2) is 0 Å². The Morgan fingerprint density at radius 2 is 2.10 bits per heavy atom. The number of carbonyl (C=O) groups excluding carboxylic acids is 3. The highest BCUT2D eigenvalue weighted by Crippen LogP contribution is 1.87. The fourth-order valence-corrected chi connectivity index (χ4v) is 0.404. The van der Waals surface area contributed by atoms with Gasteiger partial charge < -0.3 is 0 Å². The first-order chi connectivity index (χ1) is 4.74. The van der Waals surface area contributed by atoms with Crippen molar-refractivity contribution in [2.24, 2.45) is 9.98 Å². The lowest BCUT2D eigenvalue weighted by Gasteiger charge is -1.92. The Morgan fingerprint density at radius 1 is 1.40 bits per heavy atom. The summed E-state index contributed by atoms with van der Waals surface area (Å²) in [6, 6.07) is 0. The zero-order valence-electron chi connectivity index (χ0n) is 4.70. The quantitative estimate of drug-likeness (QED) is 0.420. The van der Waals surface area contributed by atoms with E-state index in [0.29, 0.717) is 0 Å².